The summed E-state index contributed by atoms with van der Waals surface area (Å²) in [5, 5.41) is 0. The molecule has 0 aromatic heterocycles. The van der Waals surface area contributed by atoms with Gasteiger partial charge in [-0.1, -0.05) is 26.0 Å². The summed E-state index contributed by atoms with van der Waals surface area (Å²) in [4.78, 5) is 23.9. The quantitative estimate of drug-likeness (QED) is 0.396. The number of unbranched alkanes of at least 4 members (excludes halogenated alkanes) is 3. The highest BCUT2D eigenvalue weighted by molar-refractivity contribution is 5.48. The summed E-state index contributed by atoms with van der Waals surface area (Å²) in [6.45, 7) is 8.49. The minimum atomic E-state index is 0.714. The number of hydrogen-bond donors (Lipinski definition) is 0. The van der Waals surface area contributed by atoms with E-state index in [1.807, 2.05) is 0 Å². The standard InChI is InChI=1S/C12H20N2O2/c1-3-13(11-15)9-7-5-6-8-10-14(4-2)12-16/h3-4,11-12H,1-2,5-10H2. The molecule has 0 aromatic carbocycles. The lowest BCUT2D eigenvalue weighted by atomic mass is 10.2. The zero-order valence-corrected chi connectivity index (χ0v) is 9.68. The minimum Gasteiger partial charge on any atom is -0.322 e. The van der Waals surface area contributed by atoms with Crippen LogP contribution in [0.3, 0.4) is 0 Å². The number of carbonyl (C=O) groups is 2. The second-order valence-electron chi connectivity index (χ2n) is 3.47. The molecule has 0 N–H and O–H groups in total. The van der Waals surface area contributed by atoms with Crippen molar-refractivity contribution in [2.24, 2.45) is 0 Å². The lowest BCUT2D eigenvalue weighted by Crippen LogP contribution is -2.16. The SMILES string of the molecule is C=CN(C=O)CCCCCCN(C=C)C=O. The monoisotopic (exact) mass is 224 g/mol. The van der Waals surface area contributed by atoms with E-state index in [1.54, 1.807) is 0 Å². The predicted octanol–water partition coefficient (Wildman–Crippen LogP) is 1.75. The molecule has 0 aliphatic heterocycles. The van der Waals surface area contributed by atoms with Crippen molar-refractivity contribution in [1.29, 1.82) is 0 Å². The molecule has 0 heterocycles. The van der Waals surface area contributed by atoms with Crippen LogP contribution in [0.25, 0.3) is 0 Å². The van der Waals surface area contributed by atoms with Gasteiger partial charge in [-0.25, -0.2) is 0 Å². The Kier molecular flexibility index (Phi) is 8.97. The molecule has 0 aliphatic rings. The third-order valence-electron chi connectivity index (χ3n) is 2.32. The summed E-state index contributed by atoms with van der Waals surface area (Å²) in [6.07, 6.45) is 8.61. The summed E-state index contributed by atoms with van der Waals surface area (Å²) < 4.78 is 0. The first-order chi connectivity index (χ1) is 7.78. The van der Waals surface area contributed by atoms with Crippen LogP contribution in [0, 0.1) is 0 Å². The molecule has 0 bridgehead atoms. The van der Waals surface area contributed by atoms with Gasteiger partial charge in [-0.2, -0.15) is 0 Å². The lowest BCUT2D eigenvalue weighted by molar-refractivity contribution is -0.116. The van der Waals surface area contributed by atoms with Crippen LogP contribution in [0.15, 0.2) is 25.6 Å². The fourth-order valence-electron chi connectivity index (χ4n) is 1.32. The van der Waals surface area contributed by atoms with Crippen molar-refractivity contribution in [2.75, 3.05) is 13.1 Å². The second kappa shape index (κ2) is 9.96. The normalized spacial score (nSPS) is 9.25. The molecule has 90 valence electrons. The van der Waals surface area contributed by atoms with Crippen LogP contribution in [0.2, 0.25) is 0 Å². The number of amides is 2. The first-order valence-electron chi connectivity index (χ1n) is 5.45. The van der Waals surface area contributed by atoms with Crippen molar-refractivity contribution in [3.63, 3.8) is 0 Å². The number of carbonyl (C=O) groups excluding carboxylic acids is 2. The van der Waals surface area contributed by atoms with Crippen molar-refractivity contribution >= 4 is 12.8 Å². The van der Waals surface area contributed by atoms with Crippen LogP contribution in [-0.4, -0.2) is 35.7 Å². The van der Waals surface area contributed by atoms with E-state index >= 15 is 0 Å². The van der Waals surface area contributed by atoms with Gasteiger partial charge in [0.1, 0.15) is 0 Å². The van der Waals surface area contributed by atoms with E-state index in [1.165, 1.54) is 22.2 Å². The summed E-state index contributed by atoms with van der Waals surface area (Å²) in [7, 11) is 0. The molecule has 4 nitrogen and oxygen atoms in total. The van der Waals surface area contributed by atoms with E-state index in [0.717, 1.165) is 38.5 Å². The molecule has 0 rings (SSSR count). The van der Waals surface area contributed by atoms with Gasteiger partial charge in [0.25, 0.3) is 0 Å². The fraction of sp³-hybridized carbons (Fsp3) is 0.500. The third kappa shape index (κ3) is 6.81. The zero-order chi connectivity index (χ0) is 12.2. The largest absolute Gasteiger partial charge is 0.322 e. The molecule has 0 aromatic rings. The van der Waals surface area contributed by atoms with Crippen molar-refractivity contribution in [1.82, 2.24) is 9.80 Å². The second-order valence-corrected chi connectivity index (χ2v) is 3.47. The Bertz CT molecular complexity index is 189. The van der Waals surface area contributed by atoms with Gasteiger partial charge in [0.05, 0.1) is 0 Å². The average molecular weight is 224 g/mol. The van der Waals surface area contributed by atoms with Crippen LogP contribution >= 0.6 is 0 Å². The molecule has 0 saturated heterocycles. The summed E-state index contributed by atoms with van der Waals surface area (Å²) in [6, 6.07) is 0. The van der Waals surface area contributed by atoms with Crippen LogP contribution in [0.5, 0.6) is 0 Å². The van der Waals surface area contributed by atoms with Gasteiger partial charge >= 0.3 is 0 Å². The summed E-state index contributed by atoms with van der Waals surface area (Å²) in [5.74, 6) is 0. The maximum atomic E-state index is 10.4. The van der Waals surface area contributed by atoms with Crippen molar-refractivity contribution in [3.8, 4) is 0 Å². The van der Waals surface area contributed by atoms with Crippen LogP contribution in [-0.2, 0) is 9.59 Å². The van der Waals surface area contributed by atoms with E-state index in [9.17, 15) is 9.59 Å². The topological polar surface area (TPSA) is 40.6 Å². The Hall–Kier alpha value is -1.58. The maximum Gasteiger partial charge on any atom is 0.213 e. The molecular weight excluding hydrogens is 204 g/mol. The fourth-order valence-corrected chi connectivity index (χ4v) is 1.32. The Balaban J connectivity index is 3.39. The summed E-state index contributed by atoms with van der Waals surface area (Å²) >= 11 is 0. The van der Waals surface area contributed by atoms with Crippen molar-refractivity contribution in [3.05, 3.63) is 25.6 Å². The molecule has 0 atom stereocenters. The molecular formula is C12H20N2O2. The van der Waals surface area contributed by atoms with Crippen LogP contribution in [0.4, 0.5) is 0 Å². The molecule has 0 unspecified atom stereocenters. The Morgan fingerprint density at radius 3 is 1.38 bits per heavy atom. The van der Waals surface area contributed by atoms with Crippen molar-refractivity contribution < 1.29 is 9.59 Å². The maximum absolute atomic E-state index is 10.4. The molecule has 0 saturated carbocycles. The van der Waals surface area contributed by atoms with E-state index in [4.69, 9.17) is 0 Å². The average Bonchev–Trinajstić information content (AvgIpc) is 2.33. The van der Waals surface area contributed by atoms with E-state index < -0.39 is 0 Å². The summed E-state index contributed by atoms with van der Waals surface area (Å²) in [5.41, 5.74) is 0. The van der Waals surface area contributed by atoms with E-state index in [2.05, 4.69) is 13.2 Å². The molecule has 0 spiro atoms. The molecule has 16 heavy (non-hydrogen) atoms. The first-order valence-corrected chi connectivity index (χ1v) is 5.45. The number of nitrogens with zero attached hydrogens (tertiary/aromatic N) is 2. The van der Waals surface area contributed by atoms with Crippen molar-refractivity contribution in [2.45, 2.75) is 25.7 Å². The predicted molar refractivity (Wildman–Crippen MR) is 64.4 cm³/mol. The molecule has 0 radical (unpaired) electrons. The van der Waals surface area contributed by atoms with Gasteiger partial charge < -0.3 is 9.80 Å². The van der Waals surface area contributed by atoms with Gasteiger partial charge in [-0.3, -0.25) is 9.59 Å². The van der Waals surface area contributed by atoms with Crippen LogP contribution < -0.4 is 0 Å². The molecule has 4 heteroatoms. The molecule has 2 amide bonds. The smallest absolute Gasteiger partial charge is 0.213 e. The van der Waals surface area contributed by atoms with Gasteiger partial charge in [0, 0.05) is 13.1 Å². The number of hydrogen-bond acceptors (Lipinski definition) is 2. The lowest BCUT2D eigenvalue weighted by Gasteiger charge is -2.12. The molecule has 0 fully saturated rings. The number of rotatable bonds is 11. The Morgan fingerprint density at radius 2 is 1.12 bits per heavy atom. The van der Waals surface area contributed by atoms with Gasteiger partial charge in [0.15, 0.2) is 0 Å². The first kappa shape index (κ1) is 14.4. The highest BCUT2D eigenvalue weighted by Gasteiger charge is 1.97. The van der Waals surface area contributed by atoms with Gasteiger partial charge in [0.2, 0.25) is 12.8 Å². The highest BCUT2D eigenvalue weighted by atomic mass is 16.1. The third-order valence-corrected chi connectivity index (χ3v) is 2.32. The van der Waals surface area contributed by atoms with E-state index in [-0.39, 0.29) is 0 Å². The van der Waals surface area contributed by atoms with Gasteiger partial charge in [-0.15, -0.1) is 0 Å². The highest BCUT2D eigenvalue weighted by Crippen LogP contribution is 2.02. The Morgan fingerprint density at radius 1 is 0.750 bits per heavy atom. The van der Waals surface area contributed by atoms with Gasteiger partial charge in [-0.05, 0) is 25.2 Å². The van der Waals surface area contributed by atoms with E-state index in [0.29, 0.717) is 13.1 Å². The van der Waals surface area contributed by atoms with Crippen LogP contribution in [0.1, 0.15) is 25.7 Å². The zero-order valence-electron chi connectivity index (χ0n) is 9.68. The Labute approximate surface area is 97.2 Å². The molecule has 0 aliphatic carbocycles. The minimum absolute atomic E-state index is 0.714.